The Hall–Kier alpha value is 0.248. The summed E-state index contributed by atoms with van der Waals surface area (Å²) in [7, 11) is 0. The van der Waals surface area contributed by atoms with E-state index in [1.165, 1.54) is 0 Å². The quantitative estimate of drug-likeness (QED) is 0.491. The smallest absolute Gasteiger partial charge is 0.174 e. The van der Waals surface area contributed by atoms with E-state index in [2.05, 4.69) is 22.2 Å². The van der Waals surface area contributed by atoms with Crippen molar-refractivity contribution < 1.29 is 0 Å². The second-order valence-electron chi connectivity index (χ2n) is 0.951. The first-order valence-electron chi connectivity index (χ1n) is 1.61. The van der Waals surface area contributed by atoms with E-state index < -0.39 is 0 Å². The minimum absolute atomic E-state index is 0. The Bertz CT molecular complexity index is 151. The maximum atomic E-state index is 4.63. The largest absolute Gasteiger partial charge is 0.338 e. The van der Waals surface area contributed by atoms with Crippen molar-refractivity contribution in [1.29, 1.82) is 0 Å². The van der Waals surface area contributed by atoms with E-state index in [1.807, 2.05) is 0 Å². The molecule has 0 amide bonds. The summed E-state index contributed by atoms with van der Waals surface area (Å²) in [6.45, 7) is 0. The molecule has 37 valence electrons. The first-order valence-corrected chi connectivity index (χ1v) is 2.02. The molecule has 1 aromatic heterocycles. The Balaban J connectivity index is 0.000000360. The van der Waals surface area contributed by atoms with Gasteiger partial charge in [-0.15, -0.1) is 0 Å². The molecule has 0 saturated heterocycles. The van der Waals surface area contributed by atoms with Crippen LogP contribution in [0.1, 0.15) is 0 Å². The third kappa shape index (κ3) is 2.15. The van der Waals surface area contributed by atoms with Crippen LogP contribution in [0, 0.1) is 4.77 Å². The number of nitrogens with one attached hydrogen (secondary N) is 2. The predicted octanol–water partition coefficient (Wildman–Crippen LogP) is 0.691. The molecule has 3 radical (unpaired) electrons. The molecule has 0 unspecified atom stereocenters. The van der Waals surface area contributed by atoms with Crippen LogP contribution < -0.4 is 0 Å². The molecule has 2 N–H and O–H groups in total. The van der Waals surface area contributed by atoms with Gasteiger partial charge in [0.2, 0.25) is 0 Å². The first kappa shape index (κ1) is 7.25. The van der Waals surface area contributed by atoms with Gasteiger partial charge in [0.1, 0.15) is 0 Å². The zero-order valence-electron chi connectivity index (χ0n) is 3.51. The standard InChI is InChI=1S/C3H4N2S.Sb/c6-3-4-1-2-5-3;/h1-2H,(H2,4,5,6);. The number of H-pyrrole nitrogens is 2. The van der Waals surface area contributed by atoms with E-state index in [1.54, 1.807) is 12.4 Å². The van der Waals surface area contributed by atoms with Crippen LogP contribution >= 0.6 is 12.2 Å². The Labute approximate surface area is 63.8 Å². The molecule has 0 aliphatic rings. The van der Waals surface area contributed by atoms with Crippen LogP contribution in [0.2, 0.25) is 0 Å². The van der Waals surface area contributed by atoms with Gasteiger partial charge in [-0.1, -0.05) is 0 Å². The summed E-state index contributed by atoms with van der Waals surface area (Å²) in [5.74, 6) is 0. The monoisotopic (exact) mass is 221 g/mol. The molecule has 1 heterocycles. The second kappa shape index (κ2) is 3.28. The normalized spacial score (nSPS) is 7.43. The van der Waals surface area contributed by atoms with Crippen LogP contribution in [0.3, 0.4) is 0 Å². The molecule has 0 aromatic carbocycles. The molecule has 0 spiro atoms. The zero-order chi connectivity index (χ0) is 4.41. The van der Waals surface area contributed by atoms with E-state index in [0.717, 1.165) is 0 Å². The molecular formula is C3H4N2SSb. The Morgan fingerprint density at radius 3 is 1.86 bits per heavy atom. The minimum Gasteiger partial charge on any atom is -0.338 e. The third-order valence-electron chi connectivity index (χ3n) is 0.512. The van der Waals surface area contributed by atoms with E-state index in [4.69, 9.17) is 0 Å². The van der Waals surface area contributed by atoms with Crippen LogP contribution in [-0.2, 0) is 0 Å². The van der Waals surface area contributed by atoms with Gasteiger partial charge in [-0.05, 0) is 12.2 Å². The third-order valence-corrected chi connectivity index (χ3v) is 0.748. The zero-order valence-corrected chi connectivity index (χ0v) is 6.88. The van der Waals surface area contributed by atoms with Gasteiger partial charge in [-0.3, -0.25) is 0 Å². The Kier molecular flexibility index (Phi) is 3.39. The fourth-order valence-electron chi connectivity index (χ4n) is 0.276. The maximum Gasteiger partial charge on any atom is 0.174 e. The molecule has 0 aliphatic heterocycles. The van der Waals surface area contributed by atoms with Gasteiger partial charge in [0, 0.05) is 36.8 Å². The first-order chi connectivity index (χ1) is 2.89. The molecule has 1 rings (SSSR count). The molecule has 4 heteroatoms. The van der Waals surface area contributed by atoms with Crippen LogP contribution in [0.4, 0.5) is 0 Å². The number of hydrogen-bond acceptors (Lipinski definition) is 1. The van der Waals surface area contributed by atoms with Crippen molar-refractivity contribution in [2.75, 3.05) is 0 Å². The van der Waals surface area contributed by atoms with Crippen molar-refractivity contribution in [3.05, 3.63) is 17.2 Å². The van der Waals surface area contributed by atoms with Crippen LogP contribution in [0.25, 0.3) is 0 Å². The van der Waals surface area contributed by atoms with Crippen molar-refractivity contribution in [1.82, 2.24) is 9.97 Å². The molecule has 0 saturated carbocycles. The van der Waals surface area contributed by atoms with Crippen LogP contribution in [-0.4, -0.2) is 34.4 Å². The molecule has 2 nitrogen and oxygen atoms in total. The van der Waals surface area contributed by atoms with Gasteiger partial charge in [0.25, 0.3) is 0 Å². The van der Waals surface area contributed by atoms with E-state index in [0.29, 0.717) is 4.77 Å². The number of aromatic nitrogens is 2. The molecule has 1 aromatic rings. The fourth-order valence-corrected chi connectivity index (χ4v) is 0.412. The Morgan fingerprint density at radius 2 is 1.71 bits per heavy atom. The number of imidazole rings is 1. The molecule has 0 bridgehead atoms. The molecular weight excluding hydrogens is 218 g/mol. The summed E-state index contributed by atoms with van der Waals surface area (Å²) in [5.41, 5.74) is 0. The van der Waals surface area contributed by atoms with Gasteiger partial charge in [0.15, 0.2) is 4.77 Å². The van der Waals surface area contributed by atoms with Gasteiger partial charge < -0.3 is 9.97 Å². The number of rotatable bonds is 0. The molecule has 0 aliphatic carbocycles. The summed E-state index contributed by atoms with van der Waals surface area (Å²) >= 11 is 4.63. The summed E-state index contributed by atoms with van der Waals surface area (Å²) < 4.78 is 0.676. The van der Waals surface area contributed by atoms with Crippen LogP contribution in [0.5, 0.6) is 0 Å². The van der Waals surface area contributed by atoms with Gasteiger partial charge in [-0.2, -0.15) is 0 Å². The van der Waals surface area contributed by atoms with Gasteiger partial charge in [0.05, 0.1) is 0 Å². The summed E-state index contributed by atoms with van der Waals surface area (Å²) in [5, 5.41) is 0. The van der Waals surface area contributed by atoms with Crippen molar-refractivity contribution in [3.8, 4) is 0 Å². The summed E-state index contributed by atoms with van der Waals surface area (Å²) in [4.78, 5) is 5.52. The SMILES string of the molecule is S=c1[nH]cc[nH]1.[Sb]. The molecule has 0 atom stereocenters. The van der Waals surface area contributed by atoms with Crippen molar-refractivity contribution in [2.45, 2.75) is 0 Å². The van der Waals surface area contributed by atoms with Crippen molar-refractivity contribution >= 4 is 36.6 Å². The van der Waals surface area contributed by atoms with Crippen molar-refractivity contribution in [3.63, 3.8) is 0 Å². The minimum atomic E-state index is 0. The van der Waals surface area contributed by atoms with Crippen molar-refractivity contribution in [2.24, 2.45) is 0 Å². The van der Waals surface area contributed by atoms with Gasteiger partial charge in [-0.25, -0.2) is 0 Å². The van der Waals surface area contributed by atoms with E-state index in [9.17, 15) is 0 Å². The predicted molar refractivity (Wildman–Crippen MR) is 31.7 cm³/mol. The number of aromatic amines is 2. The summed E-state index contributed by atoms with van der Waals surface area (Å²) in [6, 6.07) is 0. The van der Waals surface area contributed by atoms with E-state index in [-0.39, 0.29) is 24.4 Å². The second-order valence-corrected chi connectivity index (χ2v) is 1.36. The maximum absolute atomic E-state index is 4.63. The van der Waals surface area contributed by atoms with E-state index >= 15 is 0 Å². The molecule has 7 heavy (non-hydrogen) atoms. The average Bonchev–Trinajstić information content (AvgIpc) is 1.86. The average molecular weight is 222 g/mol. The molecule has 0 fully saturated rings. The summed E-state index contributed by atoms with van der Waals surface area (Å²) in [6.07, 6.45) is 3.50. The topological polar surface area (TPSA) is 31.6 Å². The number of hydrogen-bond donors (Lipinski definition) is 2. The fraction of sp³-hybridized carbons (Fsp3) is 0. The van der Waals surface area contributed by atoms with Gasteiger partial charge >= 0.3 is 0 Å². The Morgan fingerprint density at radius 1 is 1.29 bits per heavy atom. The van der Waals surface area contributed by atoms with Crippen LogP contribution in [0.15, 0.2) is 12.4 Å².